The van der Waals surface area contributed by atoms with Crippen LogP contribution >= 0.6 is 0 Å². The first kappa shape index (κ1) is 17.7. The van der Waals surface area contributed by atoms with Gasteiger partial charge in [0.15, 0.2) is 0 Å². The highest BCUT2D eigenvalue weighted by Gasteiger charge is 2.25. The monoisotopic (exact) mass is 307 g/mol. The van der Waals surface area contributed by atoms with Gasteiger partial charge in [0.2, 0.25) is 5.91 Å². The van der Waals surface area contributed by atoms with E-state index in [-0.39, 0.29) is 25.4 Å². The van der Waals surface area contributed by atoms with Crippen LogP contribution in [0.25, 0.3) is 0 Å². The first-order valence-electron chi connectivity index (χ1n) is 7.12. The summed E-state index contributed by atoms with van der Waals surface area (Å²) in [4.78, 5) is 34.2. The summed E-state index contributed by atoms with van der Waals surface area (Å²) in [6.07, 6.45) is -0.430. The number of hydrogen-bond acceptors (Lipinski definition) is 4. The van der Waals surface area contributed by atoms with Gasteiger partial charge >= 0.3 is 11.9 Å². The largest absolute Gasteiger partial charge is 0.481 e. The van der Waals surface area contributed by atoms with Gasteiger partial charge in [-0.1, -0.05) is 44.2 Å². The zero-order valence-electron chi connectivity index (χ0n) is 12.7. The normalized spacial score (nSPS) is 11.8. The van der Waals surface area contributed by atoms with Gasteiger partial charge in [0.1, 0.15) is 12.6 Å². The van der Waals surface area contributed by atoms with E-state index in [9.17, 15) is 14.4 Å². The molecule has 1 amide bonds. The van der Waals surface area contributed by atoms with Crippen LogP contribution in [-0.4, -0.2) is 29.0 Å². The highest BCUT2D eigenvalue weighted by Crippen LogP contribution is 2.08. The Kier molecular flexibility index (Phi) is 7.08. The van der Waals surface area contributed by atoms with Crippen molar-refractivity contribution in [1.82, 2.24) is 5.32 Å². The van der Waals surface area contributed by atoms with E-state index in [2.05, 4.69) is 5.32 Å². The molecular weight excluding hydrogens is 286 g/mol. The highest BCUT2D eigenvalue weighted by molar-refractivity contribution is 5.86. The SMILES string of the molecule is CC(C)C(NC(=O)CCC(=O)O)C(=O)OCc1ccccc1. The molecular formula is C16H21NO5. The van der Waals surface area contributed by atoms with E-state index in [1.54, 1.807) is 13.8 Å². The Morgan fingerprint density at radius 1 is 1.14 bits per heavy atom. The predicted octanol–water partition coefficient (Wildman–Crippen LogP) is 1.74. The number of benzene rings is 1. The maximum atomic E-state index is 12.1. The van der Waals surface area contributed by atoms with Crippen LogP contribution in [0.3, 0.4) is 0 Å². The van der Waals surface area contributed by atoms with Gasteiger partial charge in [0.25, 0.3) is 0 Å². The minimum atomic E-state index is -1.05. The third-order valence-corrected chi connectivity index (χ3v) is 3.03. The lowest BCUT2D eigenvalue weighted by Gasteiger charge is -2.20. The minimum Gasteiger partial charge on any atom is -0.481 e. The Morgan fingerprint density at radius 2 is 1.77 bits per heavy atom. The fraction of sp³-hybridized carbons (Fsp3) is 0.438. The summed E-state index contributed by atoms with van der Waals surface area (Å²) in [5.74, 6) is -2.21. The second-order valence-electron chi connectivity index (χ2n) is 5.28. The van der Waals surface area contributed by atoms with E-state index in [1.165, 1.54) is 0 Å². The number of amides is 1. The molecule has 6 nitrogen and oxygen atoms in total. The molecule has 0 radical (unpaired) electrons. The Hall–Kier alpha value is -2.37. The van der Waals surface area contributed by atoms with E-state index in [4.69, 9.17) is 9.84 Å². The Morgan fingerprint density at radius 3 is 2.32 bits per heavy atom. The third-order valence-electron chi connectivity index (χ3n) is 3.03. The fourth-order valence-electron chi connectivity index (χ4n) is 1.78. The third kappa shape index (κ3) is 6.39. The molecule has 0 heterocycles. The van der Waals surface area contributed by atoms with Crippen LogP contribution in [0.5, 0.6) is 0 Å². The summed E-state index contributed by atoms with van der Waals surface area (Å²) in [7, 11) is 0. The van der Waals surface area contributed by atoms with E-state index < -0.39 is 23.9 Å². The maximum absolute atomic E-state index is 12.1. The molecule has 0 aliphatic heterocycles. The van der Waals surface area contributed by atoms with Crippen molar-refractivity contribution in [2.45, 2.75) is 39.3 Å². The van der Waals surface area contributed by atoms with Crippen LogP contribution in [0.2, 0.25) is 0 Å². The van der Waals surface area contributed by atoms with Gasteiger partial charge in [-0.25, -0.2) is 4.79 Å². The molecule has 22 heavy (non-hydrogen) atoms. The molecule has 0 spiro atoms. The van der Waals surface area contributed by atoms with Crippen LogP contribution in [0.15, 0.2) is 30.3 Å². The average molecular weight is 307 g/mol. The molecule has 1 aromatic rings. The van der Waals surface area contributed by atoms with Crippen molar-refractivity contribution in [3.63, 3.8) is 0 Å². The molecule has 1 aromatic carbocycles. The molecule has 0 aliphatic rings. The molecule has 1 rings (SSSR count). The molecule has 0 fully saturated rings. The predicted molar refractivity (Wildman–Crippen MR) is 79.9 cm³/mol. The molecule has 1 atom stereocenters. The fourth-order valence-corrected chi connectivity index (χ4v) is 1.78. The van der Waals surface area contributed by atoms with E-state index >= 15 is 0 Å². The Bertz CT molecular complexity index is 513. The minimum absolute atomic E-state index is 0.133. The van der Waals surface area contributed by atoms with Crippen molar-refractivity contribution in [1.29, 1.82) is 0 Å². The number of carboxylic acid groups (broad SMARTS) is 1. The lowest BCUT2D eigenvalue weighted by Crippen LogP contribution is -2.45. The van der Waals surface area contributed by atoms with Crippen molar-refractivity contribution in [3.8, 4) is 0 Å². The number of aliphatic carboxylic acids is 1. The lowest BCUT2D eigenvalue weighted by molar-refractivity contribution is -0.150. The summed E-state index contributed by atoms with van der Waals surface area (Å²) in [5, 5.41) is 11.1. The standard InChI is InChI=1S/C16H21NO5/c1-11(2)15(17-13(18)8-9-14(19)20)16(21)22-10-12-6-4-3-5-7-12/h3-7,11,15H,8-10H2,1-2H3,(H,17,18)(H,19,20). The van der Waals surface area contributed by atoms with Crippen molar-refractivity contribution in [3.05, 3.63) is 35.9 Å². The van der Waals surface area contributed by atoms with E-state index in [0.717, 1.165) is 5.56 Å². The topological polar surface area (TPSA) is 92.7 Å². The number of rotatable bonds is 8. The Balaban J connectivity index is 2.52. The highest BCUT2D eigenvalue weighted by atomic mass is 16.5. The summed E-state index contributed by atoms with van der Waals surface area (Å²) in [5.41, 5.74) is 0.857. The molecule has 0 aliphatic carbocycles. The van der Waals surface area contributed by atoms with Crippen molar-refractivity contribution < 1.29 is 24.2 Å². The molecule has 0 aromatic heterocycles. The summed E-state index contributed by atoms with van der Waals surface area (Å²) < 4.78 is 5.21. The van der Waals surface area contributed by atoms with Crippen LogP contribution in [0.4, 0.5) is 0 Å². The quantitative estimate of drug-likeness (QED) is 0.714. The number of ether oxygens (including phenoxy) is 1. The number of esters is 1. The average Bonchev–Trinajstić information content (AvgIpc) is 2.49. The van der Waals surface area contributed by atoms with Gasteiger partial charge in [-0.15, -0.1) is 0 Å². The zero-order valence-corrected chi connectivity index (χ0v) is 12.7. The van der Waals surface area contributed by atoms with Gasteiger partial charge in [0, 0.05) is 6.42 Å². The molecule has 1 unspecified atom stereocenters. The number of carboxylic acids is 1. The number of nitrogens with one attached hydrogen (secondary N) is 1. The summed E-state index contributed by atoms with van der Waals surface area (Å²) in [6.45, 7) is 3.70. The molecule has 0 saturated carbocycles. The first-order chi connectivity index (χ1) is 10.4. The molecule has 6 heteroatoms. The van der Waals surface area contributed by atoms with Crippen molar-refractivity contribution >= 4 is 17.8 Å². The Labute approximate surface area is 129 Å². The molecule has 0 bridgehead atoms. The second kappa shape index (κ2) is 8.81. The summed E-state index contributed by atoms with van der Waals surface area (Å²) in [6, 6.07) is 8.44. The first-order valence-corrected chi connectivity index (χ1v) is 7.12. The second-order valence-corrected chi connectivity index (χ2v) is 5.28. The van der Waals surface area contributed by atoms with Gasteiger partial charge in [0.05, 0.1) is 6.42 Å². The van der Waals surface area contributed by atoms with Crippen LogP contribution in [0, 0.1) is 5.92 Å². The number of hydrogen-bond donors (Lipinski definition) is 2. The molecule has 120 valence electrons. The smallest absolute Gasteiger partial charge is 0.329 e. The van der Waals surface area contributed by atoms with E-state index in [1.807, 2.05) is 30.3 Å². The van der Waals surface area contributed by atoms with Gasteiger partial charge in [-0.3, -0.25) is 9.59 Å². The van der Waals surface area contributed by atoms with Gasteiger partial charge in [-0.05, 0) is 11.5 Å². The molecule has 0 saturated heterocycles. The van der Waals surface area contributed by atoms with Gasteiger partial charge < -0.3 is 15.2 Å². The number of carbonyl (C=O) groups is 3. The van der Waals surface area contributed by atoms with Crippen molar-refractivity contribution in [2.24, 2.45) is 5.92 Å². The zero-order chi connectivity index (χ0) is 16.5. The van der Waals surface area contributed by atoms with Crippen LogP contribution < -0.4 is 5.32 Å². The van der Waals surface area contributed by atoms with Gasteiger partial charge in [-0.2, -0.15) is 0 Å². The van der Waals surface area contributed by atoms with Crippen LogP contribution in [0.1, 0.15) is 32.3 Å². The van der Waals surface area contributed by atoms with Crippen molar-refractivity contribution in [2.75, 3.05) is 0 Å². The lowest BCUT2D eigenvalue weighted by atomic mass is 10.0. The molecule has 2 N–H and O–H groups in total. The number of carbonyl (C=O) groups excluding carboxylic acids is 2. The van der Waals surface area contributed by atoms with Crippen LogP contribution in [-0.2, 0) is 25.7 Å². The maximum Gasteiger partial charge on any atom is 0.329 e. The van der Waals surface area contributed by atoms with E-state index in [0.29, 0.717) is 0 Å². The summed E-state index contributed by atoms with van der Waals surface area (Å²) >= 11 is 0.